The molecule has 0 aromatic carbocycles. The first-order chi connectivity index (χ1) is 9.97. The Bertz CT molecular complexity index is 383. The Labute approximate surface area is 130 Å². The molecule has 4 nitrogen and oxygen atoms in total. The number of nitrogens with zero attached hydrogens (tertiary/aromatic N) is 3. The van der Waals surface area contributed by atoms with E-state index in [4.69, 9.17) is 0 Å². The highest BCUT2D eigenvalue weighted by atomic mass is 15.2. The van der Waals surface area contributed by atoms with Gasteiger partial charge in [0.2, 0.25) is 0 Å². The fourth-order valence-electron chi connectivity index (χ4n) is 3.99. The van der Waals surface area contributed by atoms with Crippen molar-refractivity contribution in [1.29, 1.82) is 5.26 Å². The number of hydrogen-bond donors (Lipinski definition) is 1. The van der Waals surface area contributed by atoms with Gasteiger partial charge in [-0.1, -0.05) is 6.92 Å². The zero-order chi connectivity index (χ0) is 15.5. The van der Waals surface area contributed by atoms with Crippen LogP contribution in [0.4, 0.5) is 0 Å². The molecule has 2 fully saturated rings. The van der Waals surface area contributed by atoms with E-state index in [-0.39, 0.29) is 5.54 Å². The Hall–Kier alpha value is -0.630. The molecule has 0 bridgehead atoms. The monoisotopic (exact) mass is 292 g/mol. The summed E-state index contributed by atoms with van der Waals surface area (Å²) in [6, 6.07) is 3.11. The second-order valence-electron chi connectivity index (χ2n) is 7.40. The van der Waals surface area contributed by atoms with Gasteiger partial charge in [0.25, 0.3) is 0 Å². The first kappa shape index (κ1) is 16.7. The number of likely N-dealkylation sites (N-methyl/N-ethyl adjacent to an activating group) is 2. The third kappa shape index (κ3) is 3.41. The lowest BCUT2D eigenvalue weighted by atomic mass is 9.75. The Morgan fingerprint density at radius 1 is 1.24 bits per heavy atom. The highest BCUT2D eigenvalue weighted by molar-refractivity contribution is 5.13. The molecule has 2 saturated carbocycles. The van der Waals surface area contributed by atoms with E-state index in [1.807, 2.05) is 0 Å². The molecule has 0 radical (unpaired) electrons. The molecule has 21 heavy (non-hydrogen) atoms. The largest absolute Gasteiger partial charge is 0.302 e. The van der Waals surface area contributed by atoms with Crippen LogP contribution in [0.2, 0.25) is 0 Å². The average molecular weight is 292 g/mol. The summed E-state index contributed by atoms with van der Waals surface area (Å²) < 4.78 is 0. The number of nitriles is 1. The van der Waals surface area contributed by atoms with Crippen LogP contribution in [0.25, 0.3) is 0 Å². The van der Waals surface area contributed by atoms with Gasteiger partial charge in [0, 0.05) is 18.1 Å². The zero-order valence-corrected chi connectivity index (χ0v) is 14.3. The van der Waals surface area contributed by atoms with Gasteiger partial charge in [-0.2, -0.15) is 5.26 Å². The van der Waals surface area contributed by atoms with Crippen molar-refractivity contribution >= 4 is 0 Å². The maximum Gasteiger partial charge on any atom is 0.108 e. The molecular formula is C17H32N4. The predicted octanol–water partition coefficient (Wildman–Crippen LogP) is 2.22. The molecule has 2 aliphatic rings. The van der Waals surface area contributed by atoms with Crippen LogP contribution in [0.3, 0.4) is 0 Å². The third-order valence-corrected chi connectivity index (χ3v) is 5.82. The lowest BCUT2D eigenvalue weighted by molar-refractivity contribution is 0.0162. The Balaban J connectivity index is 1.93. The summed E-state index contributed by atoms with van der Waals surface area (Å²) in [5.41, 5.74) is 0.101. The van der Waals surface area contributed by atoms with E-state index in [0.29, 0.717) is 11.6 Å². The van der Waals surface area contributed by atoms with Crippen LogP contribution in [-0.2, 0) is 0 Å². The quantitative estimate of drug-likeness (QED) is 0.781. The van der Waals surface area contributed by atoms with Gasteiger partial charge in [-0.3, -0.25) is 5.32 Å². The molecule has 0 spiro atoms. The summed E-state index contributed by atoms with van der Waals surface area (Å²) in [4.78, 5) is 4.93. The van der Waals surface area contributed by atoms with E-state index < -0.39 is 0 Å². The van der Waals surface area contributed by atoms with E-state index in [9.17, 15) is 5.26 Å². The van der Waals surface area contributed by atoms with E-state index >= 15 is 0 Å². The van der Waals surface area contributed by atoms with E-state index in [1.54, 1.807) is 0 Å². The van der Waals surface area contributed by atoms with Crippen LogP contribution >= 0.6 is 0 Å². The number of hydrogen-bond acceptors (Lipinski definition) is 4. The van der Waals surface area contributed by atoms with E-state index in [2.05, 4.69) is 49.3 Å². The molecule has 2 atom stereocenters. The molecular weight excluding hydrogens is 260 g/mol. The molecule has 0 aromatic heterocycles. The van der Waals surface area contributed by atoms with Crippen molar-refractivity contribution in [2.24, 2.45) is 0 Å². The normalized spacial score (nSPS) is 31.4. The topological polar surface area (TPSA) is 42.3 Å². The molecule has 0 aliphatic heterocycles. The Morgan fingerprint density at radius 2 is 1.95 bits per heavy atom. The molecule has 0 heterocycles. The van der Waals surface area contributed by atoms with Gasteiger partial charge < -0.3 is 9.80 Å². The third-order valence-electron chi connectivity index (χ3n) is 5.82. The first-order valence-corrected chi connectivity index (χ1v) is 8.51. The molecule has 4 heteroatoms. The van der Waals surface area contributed by atoms with Crippen molar-refractivity contribution < 1.29 is 0 Å². The van der Waals surface area contributed by atoms with Crippen LogP contribution in [0.1, 0.15) is 51.9 Å². The van der Waals surface area contributed by atoms with Crippen molar-refractivity contribution in [3.05, 3.63) is 0 Å². The van der Waals surface area contributed by atoms with Crippen molar-refractivity contribution in [2.75, 3.05) is 34.2 Å². The summed E-state index contributed by atoms with van der Waals surface area (Å²) in [5.74, 6) is 0. The van der Waals surface area contributed by atoms with Gasteiger partial charge >= 0.3 is 0 Å². The van der Waals surface area contributed by atoms with Crippen molar-refractivity contribution in [3.8, 4) is 6.07 Å². The number of rotatable bonds is 7. The van der Waals surface area contributed by atoms with Gasteiger partial charge in [-0.05, 0) is 72.6 Å². The second kappa shape index (κ2) is 6.64. The predicted molar refractivity (Wildman–Crippen MR) is 87.2 cm³/mol. The standard InChI is InChI=1S/C17H32N4/c1-5-11-19-16(13-18)10-7-15(12-16)21(4)14-17(20(2)3)8-6-9-17/h15,19H,5-12,14H2,1-4H3. The van der Waals surface area contributed by atoms with Gasteiger partial charge in [-0.25, -0.2) is 0 Å². The summed E-state index contributed by atoms with van der Waals surface area (Å²) in [5, 5.41) is 13.1. The second-order valence-corrected chi connectivity index (χ2v) is 7.40. The van der Waals surface area contributed by atoms with Gasteiger partial charge in [0.1, 0.15) is 5.54 Å². The minimum Gasteiger partial charge on any atom is -0.302 e. The van der Waals surface area contributed by atoms with Crippen LogP contribution in [-0.4, -0.2) is 61.2 Å². The van der Waals surface area contributed by atoms with Gasteiger partial charge in [-0.15, -0.1) is 0 Å². The first-order valence-electron chi connectivity index (χ1n) is 8.51. The molecule has 0 saturated heterocycles. The highest BCUT2D eigenvalue weighted by Gasteiger charge is 2.44. The molecule has 0 amide bonds. The fraction of sp³-hybridized carbons (Fsp3) is 0.941. The van der Waals surface area contributed by atoms with Gasteiger partial charge in [0.15, 0.2) is 0 Å². The minimum absolute atomic E-state index is 0.278. The maximum atomic E-state index is 9.58. The molecule has 0 aromatic rings. The Morgan fingerprint density at radius 3 is 2.43 bits per heavy atom. The maximum absolute atomic E-state index is 9.58. The highest BCUT2D eigenvalue weighted by Crippen LogP contribution is 2.39. The van der Waals surface area contributed by atoms with Crippen LogP contribution in [0.15, 0.2) is 0 Å². The SMILES string of the molecule is CCCNC1(C#N)CCC(N(C)CC2(N(C)C)CCC2)C1. The van der Waals surface area contributed by atoms with Crippen LogP contribution in [0, 0.1) is 11.3 Å². The Kier molecular flexibility index (Phi) is 5.29. The van der Waals surface area contributed by atoms with Crippen LogP contribution in [0.5, 0.6) is 0 Å². The minimum atomic E-state index is -0.278. The smallest absolute Gasteiger partial charge is 0.108 e. The number of nitrogens with one attached hydrogen (secondary N) is 1. The molecule has 1 N–H and O–H groups in total. The van der Waals surface area contributed by atoms with Crippen molar-refractivity contribution in [2.45, 2.75) is 69.0 Å². The fourth-order valence-corrected chi connectivity index (χ4v) is 3.99. The zero-order valence-electron chi connectivity index (χ0n) is 14.3. The average Bonchev–Trinajstić information content (AvgIpc) is 2.85. The summed E-state index contributed by atoms with van der Waals surface area (Å²) in [6.45, 7) is 4.25. The van der Waals surface area contributed by atoms with E-state index in [0.717, 1.165) is 38.8 Å². The molecule has 2 rings (SSSR count). The lowest BCUT2D eigenvalue weighted by Crippen LogP contribution is -2.58. The van der Waals surface area contributed by atoms with E-state index in [1.165, 1.54) is 19.3 Å². The van der Waals surface area contributed by atoms with Crippen molar-refractivity contribution in [3.63, 3.8) is 0 Å². The van der Waals surface area contributed by atoms with Gasteiger partial charge in [0.05, 0.1) is 6.07 Å². The summed E-state index contributed by atoms with van der Waals surface area (Å²) in [6.07, 6.45) is 8.19. The lowest BCUT2D eigenvalue weighted by Gasteiger charge is -2.50. The molecule has 2 aliphatic carbocycles. The molecule has 2 unspecified atom stereocenters. The summed E-state index contributed by atoms with van der Waals surface area (Å²) in [7, 11) is 6.68. The van der Waals surface area contributed by atoms with Crippen LogP contribution < -0.4 is 5.32 Å². The summed E-state index contributed by atoms with van der Waals surface area (Å²) >= 11 is 0. The van der Waals surface area contributed by atoms with Crippen molar-refractivity contribution in [1.82, 2.24) is 15.1 Å². The molecule has 120 valence electrons.